The predicted molar refractivity (Wildman–Crippen MR) is 57.5 cm³/mol. The second-order valence-electron chi connectivity index (χ2n) is 3.63. The van der Waals surface area contributed by atoms with E-state index in [2.05, 4.69) is 14.2 Å². The Labute approximate surface area is 99.5 Å². The van der Waals surface area contributed by atoms with Crippen LogP contribution in [-0.2, 0) is 29.1 Å². The summed E-state index contributed by atoms with van der Waals surface area (Å²) in [5.74, 6) is -1.23. The van der Waals surface area contributed by atoms with Crippen LogP contribution in [0, 0.1) is 0 Å². The highest BCUT2D eigenvalue weighted by Gasteiger charge is 2.30. The summed E-state index contributed by atoms with van der Waals surface area (Å²) in [7, 11) is -2.32. The van der Waals surface area contributed by atoms with Gasteiger partial charge in [0.25, 0.3) is 0 Å². The Morgan fingerprint density at radius 1 is 1.59 bits per heavy atom. The molecule has 1 rings (SSSR count). The van der Waals surface area contributed by atoms with Gasteiger partial charge in [-0.05, 0) is 6.42 Å². The molecular formula is C9H15NO6S. The third kappa shape index (κ3) is 4.70. The zero-order chi connectivity index (χ0) is 12.9. The highest BCUT2D eigenvalue weighted by atomic mass is 32.2. The number of esters is 2. The molecule has 7 nitrogen and oxygen atoms in total. The molecule has 0 aromatic carbocycles. The van der Waals surface area contributed by atoms with Gasteiger partial charge in [-0.15, -0.1) is 0 Å². The van der Waals surface area contributed by atoms with Crippen LogP contribution in [-0.4, -0.2) is 45.9 Å². The minimum atomic E-state index is -3.56. The van der Waals surface area contributed by atoms with Crippen molar-refractivity contribution in [3.05, 3.63) is 0 Å². The maximum atomic E-state index is 11.5. The maximum Gasteiger partial charge on any atom is 0.324 e. The van der Waals surface area contributed by atoms with Gasteiger partial charge in [0.2, 0.25) is 10.0 Å². The van der Waals surface area contributed by atoms with Crippen LogP contribution in [0.3, 0.4) is 0 Å². The van der Waals surface area contributed by atoms with Crippen molar-refractivity contribution in [3.8, 4) is 0 Å². The number of sulfonamides is 1. The molecule has 0 aliphatic carbocycles. The maximum absolute atomic E-state index is 11.5. The molecule has 8 heteroatoms. The normalized spacial score (nSPS) is 20.1. The fourth-order valence-corrected chi connectivity index (χ4v) is 2.68. The average molecular weight is 265 g/mol. The number of methoxy groups -OCH3 is 1. The van der Waals surface area contributed by atoms with Crippen LogP contribution in [0.5, 0.6) is 0 Å². The van der Waals surface area contributed by atoms with Crippen LogP contribution >= 0.6 is 0 Å². The third-order valence-electron chi connectivity index (χ3n) is 2.28. The lowest BCUT2D eigenvalue weighted by molar-refractivity contribution is -0.141. The summed E-state index contributed by atoms with van der Waals surface area (Å²) in [6.45, 7) is 0.230. The minimum absolute atomic E-state index is 0.0342. The zero-order valence-electron chi connectivity index (χ0n) is 9.47. The summed E-state index contributed by atoms with van der Waals surface area (Å²) in [6.07, 6.45) is 0.533. The van der Waals surface area contributed by atoms with Gasteiger partial charge >= 0.3 is 11.9 Å². The third-order valence-corrected chi connectivity index (χ3v) is 3.75. The van der Waals surface area contributed by atoms with Crippen LogP contribution < -0.4 is 4.72 Å². The van der Waals surface area contributed by atoms with Crippen LogP contribution in [0.2, 0.25) is 0 Å². The lowest BCUT2D eigenvalue weighted by atomic mass is 10.3. The van der Waals surface area contributed by atoms with Crippen LogP contribution in [0.1, 0.15) is 19.3 Å². The van der Waals surface area contributed by atoms with E-state index in [1.807, 2.05) is 0 Å². The van der Waals surface area contributed by atoms with E-state index in [1.165, 1.54) is 7.11 Å². The highest BCUT2D eigenvalue weighted by Crippen LogP contribution is 2.08. The molecule has 0 spiro atoms. The number of ether oxygens (including phenoxy) is 2. The molecule has 1 N–H and O–H groups in total. The van der Waals surface area contributed by atoms with E-state index < -0.39 is 28.0 Å². The summed E-state index contributed by atoms with van der Waals surface area (Å²) in [5, 5.41) is 0. The number of rotatable bonds is 6. The summed E-state index contributed by atoms with van der Waals surface area (Å²) in [4.78, 5) is 21.8. The molecule has 0 saturated carbocycles. The molecule has 98 valence electrons. The molecule has 0 bridgehead atoms. The fraction of sp³-hybridized carbons (Fsp3) is 0.778. The smallest absolute Gasteiger partial charge is 0.324 e. The Morgan fingerprint density at radius 2 is 2.29 bits per heavy atom. The van der Waals surface area contributed by atoms with Crippen molar-refractivity contribution in [2.24, 2.45) is 0 Å². The number of cyclic esters (lactones) is 1. The Morgan fingerprint density at radius 3 is 2.82 bits per heavy atom. The van der Waals surface area contributed by atoms with E-state index in [4.69, 9.17) is 0 Å². The molecule has 1 unspecified atom stereocenters. The standard InChI is InChI=1S/C9H15NO6S/c1-15-8(11)3-2-6-17(13,14)10-7-4-5-16-9(7)12/h7,10H,2-6H2,1H3. The predicted octanol–water partition coefficient (Wildman–Crippen LogP) is -0.825. The second-order valence-corrected chi connectivity index (χ2v) is 5.50. The van der Waals surface area contributed by atoms with Gasteiger partial charge in [0.15, 0.2) is 0 Å². The molecule has 1 aliphatic heterocycles. The average Bonchev–Trinajstić information content (AvgIpc) is 2.63. The molecule has 0 aromatic rings. The minimum Gasteiger partial charge on any atom is -0.469 e. The highest BCUT2D eigenvalue weighted by molar-refractivity contribution is 7.89. The van der Waals surface area contributed by atoms with Gasteiger partial charge in [-0.2, -0.15) is 0 Å². The van der Waals surface area contributed by atoms with E-state index >= 15 is 0 Å². The van der Waals surface area contributed by atoms with Crippen molar-refractivity contribution in [1.82, 2.24) is 4.72 Å². The van der Waals surface area contributed by atoms with Crippen LogP contribution in [0.4, 0.5) is 0 Å². The Kier molecular flexibility index (Phi) is 4.88. The topological polar surface area (TPSA) is 98.8 Å². The molecule has 17 heavy (non-hydrogen) atoms. The van der Waals surface area contributed by atoms with Crippen molar-refractivity contribution in [2.75, 3.05) is 19.5 Å². The molecule has 1 atom stereocenters. The van der Waals surface area contributed by atoms with Crippen molar-refractivity contribution in [3.63, 3.8) is 0 Å². The molecule has 1 aliphatic rings. The zero-order valence-corrected chi connectivity index (χ0v) is 10.3. The molecule has 0 radical (unpaired) electrons. The van der Waals surface area contributed by atoms with Gasteiger partial charge in [-0.25, -0.2) is 13.1 Å². The number of nitrogens with one attached hydrogen (secondary N) is 1. The second kappa shape index (κ2) is 5.97. The van der Waals surface area contributed by atoms with Crippen LogP contribution in [0.15, 0.2) is 0 Å². The van der Waals surface area contributed by atoms with Crippen molar-refractivity contribution in [1.29, 1.82) is 0 Å². The SMILES string of the molecule is COC(=O)CCCS(=O)(=O)NC1CCOC1=O. The molecule has 1 saturated heterocycles. The first-order valence-electron chi connectivity index (χ1n) is 5.18. The summed E-state index contributed by atoms with van der Waals surface area (Å²) in [6, 6.07) is -0.793. The number of carbonyl (C=O) groups excluding carboxylic acids is 2. The van der Waals surface area contributed by atoms with Crippen molar-refractivity contribution in [2.45, 2.75) is 25.3 Å². The van der Waals surface area contributed by atoms with E-state index in [-0.39, 0.29) is 25.2 Å². The number of hydrogen-bond acceptors (Lipinski definition) is 6. The Hall–Kier alpha value is -1.15. The first kappa shape index (κ1) is 13.9. The quantitative estimate of drug-likeness (QED) is 0.630. The van der Waals surface area contributed by atoms with E-state index in [9.17, 15) is 18.0 Å². The van der Waals surface area contributed by atoms with E-state index in [1.54, 1.807) is 0 Å². The first-order chi connectivity index (χ1) is 7.94. The fourth-order valence-electron chi connectivity index (χ4n) is 1.39. The van der Waals surface area contributed by atoms with Gasteiger partial charge < -0.3 is 9.47 Å². The van der Waals surface area contributed by atoms with E-state index in [0.29, 0.717) is 6.42 Å². The van der Waals surface area contributed by atoms with Gasteiger partial charge in [0.1, 0.15) is 6.04 Å². The molecule has 1 heterocycles. The largest absolute Gasteiger partial charge is 0.469 e. The summed E-state index contributed by atoms with van der Waals surface area (Å²) < 4.78 is 34.3. The molecule has 0 amide bonds. The lowest BCUT2D eigenvalue weighted by Crippen LogP contribution is -2.39. The van der Waals surface area contributed by atoms with Crippen LogP contribution in [0.25, 0.3) is 0 Å². The molecule has 0 aromatic heterocycles. The molecule has 1 fully saturated rings. The summed E-state index contributed by atoms with van der Waals surface area (Å²) >= 11 is 0. The number of carbonyl (C=O) groups is 2. The van der Waals surface area contributed by atoms with Crippen molar-refractivity contribution < 1.29 is 27.5 Å². The Bertz CT molecular complexity index is 390. The van der Waals surface area contributed by atoms with Gasteiger partial charge in [0, 0.05) is 12.8 Å². The lowest BCUT2D eigenvalue weighted by Gasteiger charge is -2.09. The molecular weight excluding hydrogens is 250 g/mol. The number of hydrogen-bond donors (Lipinski definition) is 1. The van der Waals surface area contributed by atoms with E-state index in [0.717, 1.165) is 0 Å². The first-order valence-corrected chi connectivity index (χ1v) is 6.83. The monoisotopic (exact) mass is 265 g/mol. The Balaban J connectivity index is 2.35. The van der Waals surface area contributed by atoms with Gasteiger partial charge in [0.05, 0.1) is 19.5 Å². The van der Waals surface area contributed by atoms with Crippen molar-refractivity contribution >= 4 is 22.0 Å². The summed E-state index contributed by atoms with van der Waals surface area (Å²) in [5.41, 5.74) is 0. The van der Waals surface area contributed by atoms with Gasteiger partial charge in [-0.3, -0.25) is 9.59 Å². The van der Waals surface area contributed by atoms with Gasteiger partial charge in [-0.1, -0.05) is 0 Å².